The van der Waals surface area contributed by atoms with Crippen LogP contribution in [0, 0.1) is 11.6 Å². The third-order valence-corrected chi connectivity index (χ3v) is 4.56. The molecule has 0 radical (unpaired) electrons. The molecule has 1 aromatic carbocycles. The molecule has 0 saturated heterocycles. The average molecular weight is 266 g/mol. The summed E-state index contributed by atoms with van der Waals surface area (Å²) in [6.07, 6.45) is 6.04. The highest BCUT2D eigenvalue weighted by Gasteiger charge is 2.36. The van der Waals surface area contributed by atoms with Crippen LogP contribution in [0.5, 0.6) is 0 Å². The van der Waals surface area contributed by atoms with Crippen molar-refractivity contribution in [3.63, 3.8) is 0 Å². The van der Waals surface area contributed by atoms with E-state index in [1.54, 1.807) is 0 Å². The Morgan fingerprint density at radius 1 is 1.16 bits per heavy atom. The van der Waals surface area contributed by atoms with Gasteiger partial charge in [-0.2, -0.15) is 0 Å². The Morgan fingerprint density at radius 2 is 1.89 bits per heavy atom. The number of nitrogens with zero attached hydrogens (tertiary/aromatic N) is 1. The van der Waals surface area contributed by atoms with Crippen molar-refractivity contribution >= 4 is 0 Å². The monoisotopic (exact) mass is 266 g/mol. The van der Waals surface area contributed by atoms with E-state index in [4.69, 9.17) is 5.73 Å². The summed E-state index contributed by atoms with van der Waals surface area (Å²) in [4.78, 5) is 2.28. The zero-order valence-corrected chi connectivity index (χ0v) is 11.0. The number of halogens is 2. The number of hydrogen-bond acceptors (Lipinski definition) is 2. The lowest BCUT2D eigenvalue weighted by molar-refractivity contribution is 0.116. The van der Waals surface area contributed by atoms with E-state index in [1.165, 1.54) is 25.3 Å². The fourth-order valence-electron chi connectivity index (χ4n) is 3.62. The van der Waals surface area contributed by atoms with Gasteiger partial charge in [-0.05, 0) is 24.5 Å². The number of nitrogens with two attached hydrogens (primary N) is 1. The van der Waals surface area contributed by atoms with Crippen molar-refractivity contribution < 1.29 is 8.78 Å². The van der Waals surface area contributed by atoms with Gasteiger partial charge in [0, 0.05) is 36.8 Å². The molecule has 0 amide bonds. The number of fused-ring (bicyclic) bond motifs is 1. The maximum atomic E-state index is 13.9. The van der Waals surface area contributed by atoms with Crippen LogP contribution in [0.4, 0.5) is 8.78 Å². The van der Waals surface area contributed by atoms with Gasteiger partial charge in [0.25, 0.3) is 0 Å². The quantitative estimate of drug-likeness (QED) is 0.891. The van der Waals surface area contributed by atoms with Gasteiger partial charge in [-0.25, -0.2) is 8.78 Å². The highest BCUT2D eigenvalue weighted by Crippen LogP contribution is 2.39. The van der Waals surface area contributed by atoms with E-state index in [0.29, 0.717) is 24.7 Å². The fourth-order valence-corrected chi connectivity index (χ4v) is 3.62. The molecule has 104 valence electrons. The first kappa shape index (κ1) is 13.0. The Bertz CT molecular complexity index is 469. The van der Waals surface area contributed by atoms with Crippen molar-refractivity contribution in [1.29, 1.82) is 0 Å². The molecular formula is C15H20F2N2. The van der Waals surface area contributed by atoms with Crippen molar-refractivity contribution in [1.82, 2.24) is 4.90 Å². The Kier molecular flexibility index (Phi) is 3.54. The molecule has 1 fully saturated rings. The summed E-state index contributed by atoms with van der Waals surface area (Å²) < 4.78 is 27.3. The summed E-state index contributed by atoms with van der Waals surface area (Å²) in [6, 6.07) is 2.88. The van der Waals surface area contributed by atoms with Crippen LogP contribution in [0.25, 0.3) is 0 Å². The minimum Gasteiger partial charge on any atom is -0.329 e. The molecule has 2 aliphatic rings. The molecule has 1 aliphatic heterocycles. The van der Waals surface area contributed by atoms with Crippen molar-refractivity contribution in [2.45, 2.75) is 50.7 Å². The van der Waals surface area contributed by atoms with Crippen LogP contribution >= 0.6 is 0 Å². The van der Waals surface area contributed by atoms with Crippen LogP contribution < -0.4 is 5.73 Å². The molecular weight excluding hydrogens is 246 g/mol. The van der Waals surface area contributed by atoms with Crippen molar-refractivity contribution in [2.24, 2.45) is 5.73 Å². The van der Waals surface area contributed by atoms with Crippen LogP contribution in [0.15, 0.2) is 12.1 Å². The average Bonchev–Trinajstić information content (AvgIpc) is 2.78. The zero-order valence-electron chi connectivity index (χ0n) is 11.0. The van der Waals surface area contributed by atoms with E-state index in [-0.39, 0.29) is 6.04 Å². The molecule has 1 unspecified atom stereocenters. The minimum atomic E-state index is -0.500. The molecule has 19 heavy (non-hydrogen) atoms. The van der Waals surface area contributed by atoms with Gasteiger partial charge in [-0.1, -0.05) is 19.3 Å². The molecule has 0 aromatic heterocycles. The van der Waals surface area contributed by atoms with E-state index in [1.807, 2.05) is 0 Å². The van der Waals surface area contributed by atoms with Crippen molar-refractivity contribution in [2.75, 3.05) is 6.54 Å². The summed E-state index contributed by atoms with van der Waals surface area (Å²) in [5.41, 5.74) is 7.26. The molecule has 0 bridgehead atoms. The summed E-state index contributed by atoms with van der Waals surface area (Å²) in [5, 5.41) is 0. The zero-order chi connectivity index (χ0) is 13.4. The van der Waals surface area contributed by atoms with Crippen molar-refractivity contribution in [3.8, 4) is 0 Å². The SMILES string of the molecule is NCC1c2cc(F)cc(F)c2CN1C1CCCCC1. The normalized spacial score (nSPS) is 24.7. The maximum Gasteiger partial charge on any atom is 0.130 e. The Morgan fingerprint density at radius 3 is 2.58 bits per heavy atom. The molecule has 4 heteroatoms. The maximum absolute atomic E-state index is 13.9. The lowest BCUT2D eigenvalue weighted by atomic mass is 9.93. The van der Waals surface area contributed by atoms with Gasteiger partial charge < -0.3 is 5.73 Å². The predicted molar refractivity (Wildman–Crippen MR) is 70.6 cm³/mol. The number of hydrogen-bond donors (Lipinski definition) is 1. The Hall–Kier alpha value is -1.00. The van der Waals surface area contributed by atoms with Gasteiger partial charge in [0.05, 0.1) is 0 Å². The molecule has 1 saturated carbocycles. The first-order valence-electron chi connectivity index (χ1n) is 7.14. The second-order valence-corrected chi connectivity index (χ2v) is 5.67. The summed E-state index contributed by atoms with van der Waals surface area (Å²) >= 11 is 0. The number of rotatable bonds is 2. The smallest absolute Gasteiger partial charge is 0.130 e. The van der Waals surface area contributed by atoms with Crippen LogP contribution in [0.1, 0.15) is 49.3 Å². The van der Waals surface area contributed by atoms with Crippen LogP contribution in [-0.4, -0.2) is 17.5 Å². The van der Waals surface area contributed by atoms with Gasteiger partial charge in [-0.15, -0.1) is 0 Å². The van der Waals surface area contributed by atoms with Gasteiger partial charge in [0.15, 0.2) is 0 Å². The highest BCUT2D eigenvalue weighted by molar-refractivity contribution is 5.36. The first-order valence-corrected chi connectivity index (χ1v) is 7.14. The standard InChI is InChI=1S/C15H20F2N2/c16-10-6-12-13(14(17)7-10)9-19(15(12)8-18)11-4-2-1-3-5-11/h6-7,11,15H,1-5,8-9,18H2. The van der Waals surface area contributed by atoms with Crippen LogP contribution in [0.3, 0.4) is 0 Å². The van der Waals surface area contributed by atoms with Gasteiger partial charge in [0.1, 0.15) is 11.6 Å². The predicted octanol–water partition coefficient (Wildman–Crippen LogP) is 3.11. The van der Waals surface area contributed by atoms with Crippen LogP contribution in [-0.2, 0) is 6.54 Å². The topological polar surface area (TPSA) is 29.3 Å². The van der Waals surface area contributed by atoms with Gasteiger partial charge in [0.2, 0.25) is 0 Å². The van der Waals surface area contributed by atoms with E-state index >= 15 is 0 Å². The molecule has 1 aliphatic carbocycles. The van der Waals surface area contributed by atoms with E-state index in [2.05, 4.69) is 4.90 Å². The highest BCUT2D eigenvalue weighted by atomic mass is 19.1. The largest absolute Gasteiger partial charge is 0.329 e. The molecule has 2 nitrogen and oxygen atoms in total. The second-order valence-electron chi connectivity index (χ2n) is 5.67. The lowest BCUT2D eigenvalue weighted by Gasteiger charge is -2.35. The summed E-state index contributed by atoms with van der Waals surface area (Å²) in [6.45, 7) is 1.00. The number of benzene rings is 1. The Labute approximate surface area is 112 Å². The molecule has 0 spiro atoms. The molecule has 2 N–H and O–H groups in total. The molecule has 1 aromatic rings. The molecule has 1 atom stereocenters. The first-order chi connectivity index (χ1) is 9.20. The van der Waals surface area contributed by atoms with E-state index in [0.717, 1.165) is 24.5 Å². The lowest BCUT2D eigenvalue weighted by Crippen LogP contribution is -2.38. The summed E-state index contributed by atoms with van der Waals surface area (Å²) in [5.74, 6) is -0.924. The van der Waals surface area contributed by atoms with Crippen LogP contribution in [0.2, 0.25) is 0 Å². The van der Waals surface area contributed by atoms with Gasteiger partial charge in [-0.3, -0.25) is 4.90 Å². The Balaban J connectivity index is 1.91. The third-order valence-electron chi connectivity index (χ3n) is 4.56. The van der Waals surface area contributed by atoms with E-state index < -0.39 is 11.6 Å². The van der Waals surface area contributed by atoms with E-state index in [9.17, 15) is 8.78 Å². The molecule has 3 rings (SSSR count). The summed E-state index contributed by atoms with van der Waals surface area (Å²) in [7, 11) is 0. The minimum absolute atomic E-state index is 0.0247. The van der Waals surface area contributed by atoms with Crippen molar-refractivity contribution in [3.05, 3.63) is 34.9 Å². The molecule has 1 heterocycles. The van der Waals surface area contributed by atoms with Gasteiger partial charge >= 0.3 is 0 Å². The second kappa shape index (κ2) is 5.17. The fraction of sp³-hybridized carbons (Fsp3) is 0.600. The third kappa shape index (κ3) is 2.28.